The molecule has 0 bridgehead atoms. The van der Waals surface area contributed by atoms with Crippen LogP contribution in [-0.4, -0.2) is 54.0 Å². The van der Waals surface area contributed by atoms with Crippen molar-refractivity contribution < 1.29 is 14.0 Å². The van der Waals surface area contributed by atoms with Gasteiger partial charge in [-0.3, -0.25) is 4.79 Å². The number of likely N-dealkylation sites (tertiary alicyclic amines) is 2. The molecule has 1 aromatic carbocycles. The Morgan fingerprint density at radius 2 is 2.00 bits per heavy atom. The van der Waals surface area contributed by atoms with E-state index in [2.05, 4.69) is 5.32 Å². The molecule has 0 radical (unpaired) electrons. The predicted octanol–water partition coefficient (Wildman–Crippen LogP) is 2.55. The minimum absolute atomic E-state index is 0.0236. The van der Waals surface area contributed by atoms with Crippen molar-refractivity contribution in [3.05, 3.63) is 35.6 Å². The van der Waals surface area contributed by atoms with Gasteiger partial charge in [-0.25, -0.2) is 9.18 Å². The van der Waals surface area contributed by atoms with E-state index in [0.717, 1.165) is 44.2 Å². The Morgan fingerprint density at radius 3 is 2.65 bits per heavy atom. The molecule has 26 heavy (non-hydrogen) atoms. The van der Waals surface area contributed by atoms with Crippen LogP contribution in [0.25, 0.3) is 0 Å². The van der Waals surface area contributed by atoms with Crippen molar-refractivity contribution in [2.45, 2.75) is 44.6 Å². The summed E-state index contributed by atoms with van der Waals surface area (Å²) in [6.45, 7) is 2.85. The van der Waals surface area contributed by atoms with Crippen molar-refractivity contribution in [2.75, 3.05) is 26.2 Å². The highest BCUT2D eigenvalue weighted by molar-refractivity contribution is 5.79. The Kier molecular flexibility index (Phi) is 4.59. The lowest BCUT2D eigenvalue weighted by atomic mass is 9.96. The minimum Gasteiger partial charge on any atom is -0.338 e. The van der Waals surface area contributed by atoms with Gasteiger partial charge in [-0.1, -0.05) is 12.1 Å². The number of nitrogens with one attached hydrogen (secondary N) is 1. The second-order valence-electron chi connectivity index (χ2n) is 8.04. The molecule has 1 atom stereocenters. The van der Waals surface area contributed by atoms with Gasteiger partial charge >= 0.3 is 6.03 Å². The van der Waals surface area contributed by atoms with Crippen molar-refractivity contribution in [2.24, 2.45) is 5.41 Å². The van der Waals surface area contributed by atoms with Crippen LogP contribution in [-0.2, 0) is 11.2 Å². The predicted molar refractivity (Wildman–Crippen MR) is 96.1 cm³/mol. The maximum atomic E-state index is 13.0. The largest absolute Gasteiger partial charge is 0.338 e. The summed E-state index contributed by atoms with van der Waals surface area (Å²) < 4.78 is 13.0. The van der Waals surface area contributed by atoms with E-state index in [0.29, 0.717) is 26.1 Å². The summed E-state index contributed by atoms with van der Waals surface area (Å²) in [6.07, 6.45) is 5.52. The average Bonchev–Trinajstić information content (AvgIpc) is 3.03. The van der Waals surface area contributed by atoms with E-state index in [9.17, 15) is 14.0 Å². The third kappa shape index (κ3) is 3.69. The molecule has 4 rings (SSSR count). The average molecular weight is 359 g/mol. The molecule has 2 saturated heterocycles. The number of amides is 3. The first-order valence-electron chi connectivity index (χ1n) is 9.61. The SMILES string of the molecule is O=C(NCC1(Cc2ccc(F)cc2)CC1)N1CCC(N2CCCC2=O)C1. The maximum absolute atomic E-state index is 13.0. The van der Waals surface area contributed by atoms with Gasteiger partial charge < -0.3 is 15.1 Å². The molecule has 0 aromatic heterocycles. The molecule has 3 aliphatic rings. The topological polar surface area (TPSA) is 52.7 Å². The first kappa shape index (κ1) is 17.3. The molecule has 140 valence electrons. The van der Waals surface area contributed by atoms with E-state index in [1.807, 2.05) is 21.9 Å². The molecular formula is C20H26FN3O2. The van der Waals surface area contributed by atoms with Crippen LogP contribution in [0.2, 0.25) is 0 Å². The third-order valence-corrected chi connectivity index (χ3v) is 6.07. The first-order chi connectivity index (χ1) is 12.5. The van der Waals surface area contributed by atoms with Gasteiger partial charge in [0.05, 0.1) is 6.04 Å². The molecule has 2 heterocycles. The van der Waals surface area contributed by atoms with Crippen molar-refractivity contribution in [3.8, 4) is 0 Å². The van der Waals surface area contributed by atoms with Crippen molar-refractivity contribution in [3.63, 3.8) is 0 Å². The molecular weight excluding hydrogens is 333 g/mol. The number of carbonyl (C=O) groups is 2. The molecule has 1 N–H and O–H groups in total. The van der Waals surface area contributed by atoms with Crippen molar-refractivity contribution >= 4 is 11.9 Å². The number of hydrogen-bond donors (Lipinski definition) is 1. The highest BCUT2D eigenvalue weighted by atomic mass is 19.1. The molecule has 3 amide bonds. The molecule has 1 aromatic rings. The van der Waals surface area contributed by atoms with Gasteiger partial charge in [0.1, 0.15) is 5.82 Å². The Balaban J connectivity index is 1.26. The molecule has 6 heteroatoms. The van der Waals surface area contributed by atoms with Crippen molar-refractivity contribution in [1.29, 1.82) is 0 Å². The number of carbonyl (C=O) groups excluding carboxylic acids is 2. The summed E-state index contributed by atoms with van der Waals surface area (Å²) in [4.78, 5) is 28.2. The lowest BCUT2D eigenvalue weighted by Crippen LogP contribution is -2.44. The zero-order valence-electron chi connectivity index (χ0n) is 15.0. The number of nitrogens with zero attached hydrogens (tertiary/aromatic N) is 2. The fraction of sp³-hybridized carbons (Fsp3) is 0.600. The number of urea groups is 1. The number of benzene rings is 1. The van der Waals surface area contributed by atoms with E-state index in [1.54, 1.807) is 0 Å². The van der Waals surface area contributed by atoms with Gasteiger partial charge in [-0.05, 0) is 55.2 Å². The molecule has 1 aliphatic carbocycles. The summed E-state index contributed by atoms with van der Waals surface area (Å²) in [7, 11) is 0. The van der Waals surface area contributed by atoms with Gasteiger partial charge in [0.25, 0.3) is 0 Å². The lowest BCUT2D eigenvalue weighted by Gasteiger charge is -2.25. The number of halogens is 1. The van der Waals surface area contributed by atoms with E-state index in [1.165, 1.54) is 12.1 Å². The summed E-state index contributed by atoms with van der Waals surface area (Å²) in [5, 5.41) is 3.09. The molecule has 0 spiro atoms. The summed E-state index contributed by atoms with van der Waals surface area (Å²) in [6, 6.07) is 6.81. The Labute approximate surface area is 153 Å². The lowest BCUT2D eigenvalue weighted by molar-refractivity contribution is -0.129. The van der Waals surface area contributed by atoms with E-state index in [4.69, 9.17) is 0 Å². The van der Waals surface area contributed by atoms with E-state index in [-0.39, 0.29) is 29.2 Å². The van der Waals surface area contributed by atoms with Gasteiger partial charge in [-0.2, -0.15) is 0 Å². The van der Waals surface area contributed by atoms with Crippen LogP contribution in [0.15, 0.2) is 24.3 Å². The van der Waals surface area contributed by atoms with Gasteiger partial charge in [0, 0.05) is 32.6 Å². The maximum Gasteiger partial charge on any atom is 0.317 e. The quantitative estimate of drug-likeness (QED) is 0.878. The van der Waals surface area contributed by atoms with Gasteiger partial charge in [0.2, 0.25) is 5.91 Å². The molecule has 1 unspecified atom stereocenters. The van der Waals surface area contributed by atoms with Gasteiger partial charge in [-0.15, -0.1) is 0 Å². The van der Waals surface area contributed by atoms with Crippen LogP contribution in [0.5, 0.6) is 0 Å². The molecule has 1 saturated carbocycles. The second kappa shape index (κ2) is 6.89. The highest BCUT2D eigenvalue weighted by Gasteiger charge is 2.43. The normalized spacial score (nSPS) is 24.2. The van der Waals surface area contributed by atoms with Crippen LogP contribution in [0, 0.1) is 11.2 Å². The standard InChI is InChI=1S/C20H26FN3O2/c21-16-5-3-15(4-6-16)12-20(8-9-20)14-22-19(26)23-11-7-17(13-23)24-10-1-2-18(24)25/h3-6,17H,1-2,7-14H2,(H,22,26). The second-order valence-corrected chi connectivity index (χ2v) is 8.04. The van der Waals surface area contributed by atoms with Crippen LogP contribution in [0.3, 0.4) is 0 Å². The minimum atomic E-state index is -0.216. The monoisotopic (exact) mass is 359 g/mol. The zero-order valence-corrected chi connectivity index (χ0v) is 15.0. The molecule has 5 nitrogen and oxygen atoms in total. The van der Waals surface area contributed by atoms with Crippen molar-refractivity contribution in [1.82, 2.24) is 15.1 Å². The fourth-order valence-electron chi connectivity index (χ4n) is 4.24. The summed E-state index contributed by atoms with van der Waals surface area (Å²) in [5.41, 5.74) is 1.24. The first-order valence-corrected chi connectivity index (χ1v) is 9.61. The molecule has 2 aliphatic heterocycles. The third-order valence-electron chi connectivity index (χ3n) is 6.07. The Morgan fingerprint density at radius 1 is 1.23 bits per heavy atom. The van der Waals surface area contributed by atoms with Crippen LogP contribution < -0.4 is 5.32 Å². The van der Waals surface area contributed by atoms with E-state index >= 15 is 0 Å². The van der Waals surface area contributed by atoms with Crippen LogP contribution in [0.1, 0.15) is 37.7 Å². The van der Waals surface area contributed by atoms with Crippen LogP contribution in [0.4, 0.5) is 9.18 Å². The Bertz CT molecular complexity index is 687. The highest BCUT2D eigenvalue weighted by Crippen LogP contribution is 2.47. The van der Waals surface area contributed by atoms with Gasteiger partial charge in [0.15, 0.2) is 0 Å². The Hall–Kier alpha value is -2.11. The zero-order chi connectivity index (χ0) is 18.1. The van der Waals surface area contributed by atoms with E-state index < -0.39 is 0 Å². The molecule has 3 fully saturated rings. The summed E-state index contributed by atoms with van der Waals surface area (Å²) >= 11 is 0. The summed E-state index contributed by atoms with van der Waals surface area (Å²) in [5.74, 6) is 0.0143. The van der Waals surface area contributed by atoms with Crippen LogP contribution >= 0.6 is 0 Å². The number of hydrogen-bond acceptors (Lipinski definition) is 2. The smallest absolute Gasteiger partial charge is 0.317 e. The fourth-order valence-corrected chi connectivity index (χ4v) is 4.24. The number of rotatable bonds is 5.